The number of hydrogen-bond donors (Lipinski definition) is 1. The molecule has 0 saturated heterocycles. The molecular formula is C23H27N2O4S+. The Morgan fingerprint density at radius 3 is 2.63 bits per heavy atom. The maximum Gasteiger partial charge on any atom is 0.349 e. The lowest BCUT2D eigenvalue weighted by Gasteiger charge is -2.07. The minimum Gasteiger partial charge on any atom is -0.481 e. The Bertz CT molecular complexity index is 1070. The molecule has 0 fully saturated rings. The van der Waals surface area contributed by atoms with E-state index in [1.165, 1.54) is 29.0 Å². The molecule has 6 nitrogen and oxygen atoms in total. The summed E-state index contributed by atoms with van der Waals surface area (Å²) >= 11 is 1.79. The number of aromatic nitrogens is 2. The van der Waals surface area contributed by atoms with Crippen LogP contribution in [0.25, 0.3) is 16.2 Å². The van der Waals surface area contributed by atoms with Gasteiger partial charge < -0.3 is 9.84 Å². The van der Waals surface area contributed by atoms with Crippen molar-refractivity contribution in [2.75, 3.05) is 0 Å². The van der Waals surface area contributed by atoms with Crippen LogP contribution in [0.4, 0.5) is 0 Å². The molecule has 3 aromatic rings. The van der Waals surface area contributed by atoms with Crippen molar-refractivity contribution in [2.24, 2.45) is 0 Å². The number of benzene rings is 1. The molecule has 2 aromatic heterocycles. The molecule has 1 aliphatic carbocycles. The first-order valence-electron chi connectivity index (χ1n) is 10.5. The van der Waals surface area contributed by atoms with Crippen LogP contribution in [0.1, 0.15) is 54.7 Å². The average Bonchev–Trinajstić information content (AvgIpc) is 3.26. The molecule has 7 heteroatoms. The van der Waals surface area contributed by atoms with Crippen molar-refractivity contribution in [3.05, 3.63) is 46.6 Å². The third-order valence-electron chi connectivity index (χ3n) is 5.60. The second-order valence-electron chi connectivity index (χ2n) is 7.89. The summed E-state index contributed by atoms with van der Waals surface area (Å²) in [7, 11) is 0. The van der Waals surface area contributed by atoms with Gasteiger partial charge >= 0.3 is 16.9 Å². The quantitative estimate of drug-likeness (QED) is 0.331. The number of imidazole rings is 1. The maximum atomic E-state index is 12.2. The zero-order chi connectivity index (χ0) is 21.1. The number of rotatable bonds is 8. The second kappa shape index (κ2) is 9.00. The summed E-state index contributed by atoms with van der Waals surface area (Å²) in [6, 6.07) is 8.39. The van der Waals surface area contributed by atoms with E-state index < -0.39 is 5.97 Å². The number of aliphatic carboxylic acids is 1. The van der Waals surface area contributed by atoms with Gasteiger partial charge in [-0.1, -0.05) is 41.2 Å². The number of nitrogens with zero attached hydrogens (tertiary/aromatic N) is 2. The van der Waals surface area contributed by atoms with Gasteiger partial charge in [0.25, 0.3) is 0 Å². The molecule has 158 valence electrons. The fraction of sp³-hybridized carbons (Fsp3) is 0.435. The van der Waals surface area contributed by atoms with Gasteiger partial charge in [0, 0.05) is 24.8 Å². The van der Waals surface area contributed by atoms with Crippen molar-refractivity contribution in [3.8, 4) is 11.3 Å². The van der Waals surface area contributed by atoms with Crippen molar-refractivity contribution in [2.45, 2.75) is 65.0 Å². The van der Waals surface area contributed by atoms with E-state index in [9.17, 15) is 9.59 Å². The monoisotopic (exact) mass is 427 g/mol. The number of fused-ring (bicyclic) bond motifs is 3. The largest absolute Gasteiger partial charge is 0.481 e. The highest BCUT2D eigenvalue weighted by Gasteiger charge is 2.28. The normalized spacial score (nSPS) is 13.4. The SMILES string of the molecule is Cc1ccc(-c2c[n+]3c4c(sc3n2COC(=O)CCCCC(=O)O)CCCC4)cc1. The minimum atomic E-state index is -0.834. The Kier molecular flexibility index (Phi) is 6.18. The Morgan fingerprint density at radius 1 is 1.13 bits per heavy atom. The minimum absolute atomic E-state index is 0.0838. The first-order valence-corrected chi connectivity index (χ1v) is 11.3. The average molecular weight is 428 g/mol. The van der Waals surface area contributed by atoms with Crippen LogP contribution in [0.2, 0.25) is 0 Å². The number of ether oxygens (including phenoxy) is 1. The van der Waals surface area contributed by atoms with Gasteiger partial charge in [-0.25, -0.2) is 0 Å². The van der Waals surface area contributed by atoms with Crippen LogP contribution in [0.15, 0.2) is 30.5 Å². The van der Waals surface area contributed by atoms with Crippen LogP contribution in [0, 0.1) is 6.92 Å². The summed E-state index contributed by atoms with van der Waals surface area (Å²) in [6.45, 7) is 2.23. The predicted octanol–water partition coefficient (Wildman–Crippen LogP) is 4.29. The molecule has 1 N–H and O–H groups in total. The van der Waals surface area contributed by atoms with E-state index in [0.29, 0.717) is 12.8 Å². The number of carbonyl (C=O) groups is 2. The molecule has 2 heterocycles. The van der Waals surface area contributed by atoms with E-state index in [2.05, 4.69) is 46.4 Å². The van der Waals surface area contributed by atoms with Crippen molar-refractivity contribution in [3.63, 3.8) is 0 Å². The number of carboxylic acids is 1. The van der Waals surface area contributed by atoms with E-state index >= 15 is 0 Å². The van der Waals surface area contributed by atoms with Crippen LogP contribution in [0.5, 0.6) is 0 Å². The highest BCUT2D eigenvalue weighted by molar-refractivity contribution is 7.16. The lowest BCUT2D eigenvalue weighted by Crippen LogP contribution is -2.24. The molecule has 0 radical (unpaired) electrons. The molecule has 0 unspecified atom stereocenters. The van der Waals surface area contributed by atoms with Gasteiger partial charge in [0.05, 0.1) is 4.88 Å². The van der Waals surface area contributed by atoms with Crippen molar-refractivity contribution >= 4 is 28.2 Å². The molecule has 30 heavy (non-hydrogen) atoms. The van der Waals surface area contributed by atoms with E-state index in [-0.39, 0.29) is 25.5 Å². The molecule has 1 aromatic carbocycles. The number of hydrogen-bond acceptors (Lipinski definition) is 4. The zero-order valence-corrected chi connectivity index (χ0v) is 18.0. The number of carboxylic acid groups (broad SMARTS) is 1. The van der Waals surface area contributed by atoms with Gasteiger partial charge in [-0.3, -0.25) is 9.59 Å². The highest BCUT2D eigenvalue weighted by atomic mass is 32.1. The van der Waals surface area contributed by atoms with Crippen molar-refractivity contribution in [1.29, 1.82) is 0 Å². The smallest absolute Gasteiger partial charge is 0.349 e. The van der Waals surface area contributed by atoms with Gasteiger partial charge in [-0.05, 0) is 39.0 Å². The molecular weight excluding hydrogens is 400 g/mol. The molecule has 0 aliphatic heterocycles. The van der Waals surface area contributed by atoms with Crippen LogP contribution in [-0.4, -0.2) is 21.6 Å². The molecule has 0 bridgehead atoms. The summed E-state index contributed by atoms with van der Waals surface area (Å²) in [5.74, 6) is -1.12. The van der Waals surface area contributed by atoms with Gasteiger partial charge in [0.2, 0.25) is 6.73 Å². The van der Waals surface area contributed by atoms with Crippen LogP contribution < -0.4 is 4.40 Å². The fourth-order valence-electron chi connectivity index (χ4n) is 3.95. The lowest BCUT2D eigenvalue weighted by molar-refractivity contribution is -0.516. The third kappa shape index (κ3) is 4.41. The van der Waals surface area contributed by atoms with Crippen LogP contribution >= 0.6 is 11.3 Å². The Hall–Kier alpha value is -2.67. The van der Waals surface area contributed by atoms with E-state index in [1.807, 2.05) is 0 Å². The number of esters is 1. The van der Waals surface area contributed by atoms with E-state index in [1.54, 1.807) is 11.3 Å². The number of aryl methyl sites for hydroxylation is 3. The standard InChI is InChI=1S/C23H26N2O4S/c1-16-10-12-17(13-11-16)19-14-24-18-6-2-3-7-20(18)30-23(24)25(19)15-29-22(28)9-5-4-8-21(26)27/h10-14H,2-9,15H2,1H3/p+1. The molecule has 0 amide bonds. The second-order valence-corrected chi connectivity index (χ2v) is 8.95. The number of unbranched alkanes of at least 4 members (excludes halogenated alkanes) is 1. The maximum absolute atomic E-state index is 12.2. The lowest BCUT2D eigenvalue weighted by atomic mass is 10.0. The van der Waals surface area contributed by atoms with E-state index in [0.717, 1.165) is 29.1 Å². The third-order valence-corrected chi connectivity index (χ3v) is 6.88. The molecule has 0 atom stereocenters. The van der Waals surface area contributed by atoms with Crippen LogP contribution in [0.3, 0.4) is 0 Å². The van der Waals surface area contributed by atoms with Gasteiger partial charge in [-0.2, -0.15) is 8.97 Å². The van der Waals surface area contributed by atoms with Crippen LogP contribution in [-0.2, 0) is 33.9 Å². The highest BCUT2D eigenvalue weighted by Crippen LogP contribution is 2.30. The molecule has 0 spiro atoms. The Labute approximate surface area is 179 Å². The van der Waals surface area contributed by atoms with Crippen molar-refractivity contribution < 1.29 is 23.8 Å². The number of thiazole rings is 1. The topological polar surface area (TPSA) is 72.6 Å². The van der Waals surface area contributed by atoms with Crippen molar-refractivity contribution in [1.82, 2.24) is 4.57 Å². The molecule has 0 saturated carbocycles. The van der Waals surface area contributed by atoms with Gasteiger partial charge in [-0.15, -0.1) is 0 Å². The summed E-state index contributed by atoms with van der Waals surface area (Å²) in [5.41, 5.74) is 4.72. The predicted molar refractivity (Wildman–Crippen MR) is 114 cm³/mol. The zero-order valence-electron chi connectivity index (χ0n) is 17.2. The summed E-state index contributed by atoms with van der Waals surface area (Å²) < 4.78 is 9.95. The Balaban J connectivity index is 1.57. The van der Waals surface area contributed by atoms with Gasteiger partial charge in [0.15, 0.2) is 5.69 Å². The Morgan fingerprint density at radius 2 is 1.87 bits per heavy atom. The van der Waals surface area contributed by atoms with E-state index in [4.69, 9.17) is 9.84 Å². The van der Waals surface area contributed by atoms with Gasteiger partial charge in [0.1, 0.15) is 11.9 Å². The molecule has 4 rings (SSSR count). The summed E-state index contributed by atoms with van der Waals surface area (Å²) in [4.78, 5) is 25.3. The summed E-state index contributed by atoms with van der Waals surface area (Å²) in [5, 5.41) is 8.71. The number of carbonyl (C=O) groups excluding carboxylic acids is 1. The first-order chi connectivity index (χ1) is 14.5. The fourth-order valence-corrected chi connectivity index (χ4v) is 5.26. The first kappa shape index (κ1) is 20.6. The molecule has 1 aliphatic rings. The summed E-state index contributed by atoms with van der Waals surface area (Å²) in [6.07, 6.45) is 8.15.